The van der Waals surface area contributed by atoms with E-state index < -0.39 is 0 Å². The maximum atomic E-state index is 5.40. The van der Waals surface area contributed by atoms with Crippen molar-refractivity contribution in [2.45, 2.75) is 6.92 Å². The molecule has 0 saturated carbocycles. The summed E-state index contributed by atoms with van der Waals surface area (Å²) in [6.45, 7) is 2.09. The van der Waals surface area contributed by atoms with E-state index in [1.807, 2.05) is 30.5 Å². The number of rotatable bonds is 1. The van der Waals surface area contributed by atoms with Crippen LogP contribution < -0.4 is 4.74 Å². The molecule has 0 spiro atoms. The second-order valence-electron chi connectivity index (χ2n) is 3.86. The molecule has 0 amide bonds. The maximum absolute atomic E-state index is 5.40. The Hall–Kier alpha value is -2.03. The molecule has 0 fully saturated rings. The molecular formula is C13H12N2O. The van der Waals surface area contributed by atoms with E-state index in [0.717, 1.165) is 27.7 Å². The number of nitrogens with one attached hydrogen (secondary N) is 1. The van der Waals surface area contributed by atoms with Gasteiger partial charge in [-0.25, -0.2) is 4.98 Å². The third-order valence-corrected chi connectivity index (χ3v) is 2.91. The number of aromatic amines is 1. The summed E-state index contributed by atoms with van der Waals surface area (Å²) < 4.78 is 5.40. The van der Waals surface area contributed by atoms with Gasteiger partial charge in [0.25, 0.3) is 0 Å². The standard InChI is InChI=1S/C13H12N2O/c1-8-6-7-14-13-11(8)12-9(15-13)4-3-5-10(12)16-2/h3-7H,1-2H3,(H,14,15). The molecule has 3 rings (SSSR count). The minimum atomic E-state index is 0.889. The van der Waals surface area contributed by atoms with E-state index in [9.17, 15) is 0 Å². The van der Waals surface area contributed by atoms with Gasteiger partial charge in [-0.2, -0.15) is 0 Å². The molecule has 2 heterocycles. The van der Waals surface area contributed by atoms with Crippen molar-refractivity contribution < 1.29 is 4.74 Å². The Morgan fingerprint density at radius 1 is 1.19 bits per heavy atom. The lowest BCUT2D eigenvalue weighted by Gasteiger charge is -2.02. The Morgan fingerprint density at radius 2 is 2.06 bits per heavy atom. The van der Waals surface area contributed by atoms with Crippen LogP contribution in [0.25, 0.3) is 21.9 Å². The number of ether oxygens (including phenoxy) is 1. The number of hydrogen-bond acceptors (Lipinski definition) is 2. The fourth-order valence-electron chi connectivity index (χ4n) is 2.16. The first-order chi connectivity index (χ1) is 7.81. The summed E-state index contributed by atoms with van der Waals surface area (Å²) in [5.74, 6) is 0.889. The number of aromatic nitrogens is 2. The lowest BCUT2D eigenvalue weighted by atomic mass is 10.1. The van der Waals surface area contributed by atoms with Crippen molar-refractivity contribution >= 4 is 21.9 Å². The minimum absolute atomic E-state index is 0.889. The monoisotopic (exact) mass is 212 g/mol. The van der Waals surface area contributed by atoms with Crippen molar-refractivity contribution in [2.75, 3.05) is 7.11 Å². The van der Waals surface area contributed by atoms with Crippen LogP contribution in [0.15, 0.2) is 30.5 Å². The van der Waals surface area contributed by atoms with Crippen LogP contribution in [0.4, 0.5) is 0 Å². The van der Waals surface area contributed by atoms with Crippen LogP contribution in [0, 0.1) is 6.92 Å². The van der Waals surface area contributed by atoms with Crippen LogP contribution in [0.2, 0.25) is 0 Å². The zero-order chi connectivity index (χ0) is 11.1. The Balaban J connectivity index is 2.60. The lowest BCUT2D eigenvalue weighted by Crippen LogP contribution is -1.84. The van der Waals surface area contributed by atoms with Gasteiger partial charge in [-0.3, -0.25) is 0 Å². The Kier molecular flexibility index (Phi) is 1.86. The van der Waals surface area contributed by atoms with Gasteiger partial charge in [-0.1, -0.05) is 6.07 Å². The number of pyridine rings is 1. The van der Waals surface area contributed by atoms with Gasteiger partial charge < -0.3 is 9.72 Å². The quantitative estimate of drug-likeness (QED) is 0.673. The molecule has 0 radical (unpaired) electrons. The highest BCUT2D eigenvalue weighted by Crippen LogP contribution is 2.33. The smallest absolute Gasteiger partial charge is 0.138 e. The van der Waals surface area contributed by atoms with Crippen molar-refractivity contribution in [3.8, 4) is 5.75 Å². The first kappa shape index (κ1) is 9.21. The van der Waals surface area contributed by atoms with Crippen LogP contribution >= 0.6 is 0 Å². The predicted octanol–water partition coefficient (Wildman–Crippen LogP) is 3.03. The topological polar surface area (TPSA) is 37.9 Å². The molecule has 1 N–H and O–H groups in total. The van der Waals surface area contributed by atoms with Crippen LogP contribution in [-0.4, -0.2) is 17.1 Å². The third kappa shape index (κ3) is 1.11. The van der Waals surface area contributed by atoms with E-state index in [0.29, 0.717) is 0 Å². The second kappa shape index (κ2) is 3.23. The SMILES string of the molecule is COc1cccc2[nH]c3nccc(C)c3c12. The number of H-pyrrole nitrogens is 1. The van der Waals surface area contributed by atoms with Gasteiger partial charge in [-0.05, 0) is 30.7 Å². The van der Waals surface area contributed by atoms with Crippen LogP contribution in [0.3, 0.4) is 0 Å². The summed E-state index contributed by atoms with van der Waals surface area (Å²) in [6, 6.07) is 8.01. The van der Waals surface area contributed by atoms with E-state index in [1.54, 1.807) is 7.11 Å². The van der Waals surface area contributed by atoms with E-state index >= 15 is 0 Å². The first-order valence-electron chi connectivity index (χ1n) is 5.21. The molecule has 0 saturated heterocycles. The zero-order valence-corrected chi connectivity index (χ0v) is 9.24. The maximum Gasteiger partial charge on any atom is 0.138 e. The highest BCUT2D eigenvalue weighted by atomic mass is 16.5. The van der Waals surface area contributed by atoms with Gasteiger partial charge in [-0.15, -0.1) is 0 Å². The molecule has 0 aliphatic carbocycles. The summed E-state index contributed by atoms with van der Waals surface area (Å²) in [6.07, 6.45) is 1.82. The molecule has 0 aliphatic heterocycles. The molecule has 3 nitrogen and oxygen atoms in total. The van der Waals surface area contributed by atoms with Gasteiger partial charge in [0, 0.05) is 11.6 Å². The predicted molar refractivity (Wildman–Crippen MR) is 64.9 cm³/mol. The van der Waals surface area contributed by atoms with Crippen LogP contribution in [0.1, 0.15) is 5.56 Å². The van der Waals surface area contributed by atoms with Gasteiger partial charge in [0.1, 0.15) is 11.4 Å². The summed E-state index contributed by atoms with van der Waals surface area (Å²) in [5.41, 5.74) is 3.19. The molecule has 2 aromatic heterocycles. The largest absolute Gasteiger partial charge is 0.496 e. The fraction of sp³-hybridized carbons (Fsp3) is 0.154. The summed E-state index contributed by atoms with van der Waals surface area (Å²) in [5, 5.41) is 2.26. The van der Waals surface area contributed by atoms with Gasteiger partial charge >= 0.3 is 0 Å². The highest BCUT2D eigenvalue weighted by Gasteiger charge is 2.11. The van der Waals surface area contributed by atoms with Crippen LogP contribution in [-0.2, 0) is 0 Å². The van der Waals surface area contributed by atoms with Crippen molar-refractivity contribution in [1.29, 1.82) is 0 Å². The first-order valence-corrected chi connectivity index (χ1v) is 5.21. The van der Waals surface area contributed by atoms with Crippen molar-refractivity contribution in [3.63, 3.8) is 0 Å². The van der Waals surface area contributed by atoms with Gasteiger partial charge in [0.2, 0.25) is 0 Å². The number of hydrogen-bond donors (Lipinski definition) is 1. The van der Waals surface area contributed by atoms with Crippen LogP contribution in [0.5, 0.6) is 5.75 Å². The van der Waals surface area contributed by atoms with Crippen molar-refractivity contribution in [2.24, 2.45) is 0 Å². The molecule has 0 unspecified atom stereocenters. The highest BCUT2D eigenvalue weighted by molar-refractivity contribution is 6.10. The number of methoxy groups -OCH3 is 1. The number of fused-ring (bicyclic) bond motifs is 3. The van der Waals surface area contributed by atoms with Gasteiger partial charge in [0.15, 0.2) is 0 Å². The van der Waals surface area contributed by atoms with E-state index in [-0.39, 0.29) is 0 Å². The molecule has 16 heavy (non-hydrogen) atoms. The van der Waals surface area contributed by atoms with Gasteiger partial charge in [0.05, 0.1) is 18.0 Å². The third-order valence-electron chi connectivity index (χ3n) is 2.91. The van der Waals surface area contributed by atoms with E-state index in [4.69, 9.17) is 4.74 Å². The van der Waals surface area contributed by atoms with Crippen molar-refractivity contribution in [1.82, 2.24) is 9.97 Å². The number of benzene rings is 1. The molecular weight excluding hydrogens is 200 g/mol. The number of nitrogens with zero attached hydrogens (tertiary/aromatic N) is 1. The molecule has 0 bridgehead atoms. The van der Waals surface area contributed by atoms with E-state index in [1.165, 1.54) is 5.56 Å². The molecule has 1 aromatic carbocycles. The summed E-state index contributed by atoms with van der Waals surface area (Å²) in [7, 11) is 1.69. The minimum Gasteiger partial charge on any atom is -0.496 e. The average Bonchev–Trinajstić information content (AvgIpc) is 2.68. The molecule has 3 aromatic rings. The molecule has 0 atom stereocenters. The normalized spacial score (nSPS) is 11.1. The number of aryl methyl sites for hydroxylation is 1. The fourth-order valence-corrected chi connectivity index (χ4v) is 2.16. The summed E-state index contributed by atoms with van der Waals surface area (Å²) in [4.78, 5) is 7.65. The molecule has 80 valence electrons. The Bertz CT molecular complexity index is 670. The van der Waals surface area contributed by atoms with Crippen molar-refractivity contribution in [3.05, 3.63) is 36.0 Å². The summed E-state index contributed by atoms with van der Waals surface area (Å²) >= 11 is 0. The average molecular weight is 212 g/mol. The Morgan fingerprint density at radius 3 is 2.88 bits per heavy atom. The molecule has 0 aliphatic rings. The molecule has 3 heteroatoms. The lowest BCUT2D eigenvalue weighted by molar-refractivity contribution is 0.420. The zero-order valence-electron chi connectivity index (χ0n) is 9.24. The second-order valence-corrected chi connectivity index (χ2v) is 3.86. The Labute approximate surface area is 93.1 Å². The van der Waals surface area contributed by atoms with E-state index in [2.05, 4.69) is 16.9 Å².